The molecule has 1 heterocycles. The molecule has 2 aromatic carbocycles. The van der Waals surface area contributed by atoms with Gasteiger partial charge < -0.3 is 20.9 Å². The van der Waals surface area contributed by atoms with Crippen molar-refractivity contribution in [3.05, 3.63) is 42.5 Å². The molecule has 4 N–H and O–H groups in total. The summed E-state index contributed by atoms with van der Waals surface area (Å²) in [5.41, 5.74) is 12.1. The predicted octanol–water partition coefficient (Wildman–Crippen LogP) is 2.60. The molecule has 3 rings (SSSR count). The molecule has 0 radical (unpaired) electrons. The van der Waals surface area contributed by atoms with Gasteiger partial charge in [-0.15, -0.1) is 0 Å². The van der Waals surface area contributed by atoms with Gasteiger partial charge in [0.25, 0.3) is 0 Å². The number of nitrogens with two attached hydrogens (primary N) is 2. The van der Waals surface area contributed by atoms with E-state index in [2.05, 4.69) is 9.97 Å². The second-order valence-corrected chi connectivity index (χ2v) is 4.40. The van der Waals surface area contributed by atoms with E-state index in [1.54, 1.807) is 19.2 Å². The molecule has 0 saturated carbocycles. The minimum atomic E-state index is 0.110. The van der Waals surface area contributed by atoms with Crippen LogP contribution >= 0.6 is 0 Å². The topological polar surface area (TPSA) is 96.3 Å². The molecule has 3 aromatic rings. The fourth-order valence-corrected chi connectivity index (χ4v) is 2.09. The normalized spacial score (nSPS) is 10.5. The number of anilines is 2. The molecule has 0 aliphatic rings. The van der Waals surface area contributed by atoms with Gasteiger partial charge >= 0.3 is 0 Å². The quantitative estimate of drug-likeness (QED) is 0.766. The Balaban J connectivity index is 2.13. The number of nitrogen functional groups attached to an aromatic ring is 2. The van der Waals surface area contributed by atoms with Gasteiger partial charge in [-0.1, -0.05) is 18.2 Å². The van der Waals surface area contributed by atoms with E-state index in [-0.39, 0.29) is 11.8 Å². The standard InChI is InChI=1S/C15H14N4O2/c1-20-12-8-10(21-9-5-3-2-4-6-9)7-11-13(12)14(16)19-15(17)18-11/h2-8H,1H3,(H4,16,17,18,19). The summed E-state index contributed by atoms with van der Waals surface area (Å²) in [6.45, 7) is 0. The van der Waals surface area contributed by atoms with E-state index in [9.17, 15) is 0 Å². The lowest BCUT2D eigenvalue weighted by molar-refractivity contribution is 0.414. The summed E-state index contributed by atoms with van der Waals surface area (Å²) in [5, 5.41) is 0.618. The summed E-state index contributed by atoms with van der Waals surface area (Å²) >= 11 is 0. The lowest BCUT2D eigenvalue weighted by atomic mass is 10.2. The zero-order valence-electron chi connectivity index (χ0n) is 11.4. The maximum absolute atomic E-state index is 5.88. The van der Waals surface area contributed by atoms with Gasteiger partial charge in [-0.2, -0.15) is 4.98 Å². The molecule has 1 aromatic heterocycles. The number of para-hydroxylation sites is 1. The number of hydrogen-bond donors (Lipinski definition) is 2. The van der Waals surface area contributed by atoms with Crippen LogP contribution in [0.5, 0.6) is 17.2 Å². The number of hydrogen-bond acceptors (Lipinski definition) is 6. The van der Waals surface area contributed by atoms with Gasteiger partial charge in [0.05, 0.1) is 18.0 Å². The van der Waals surface area contributed by atoms with E-state index in [1.165, 1.54) is 0 Å². The molecule has 21 heavy (non-hydrogen) atoms. The molecular formula is C15H14N4O2. The highest BCUT2D eigenvalue weighted by Gasteiger charge is 2.12. The first-order valence-corrected chi connectivity index (χ1v) is 6.31. The Morgan fingerprint density at radius 3 is 2.43 bits per heavy atom. The zero-order chi connectivity index (χ0) is 14.8. The van der Waals surface area contributed by atoms with E-state index in [4.69, 9.17) is 20.9 Å². The van der Waals surface area contributed by atoms with E-state index in [0.717, 1.165) is 0 Å². The van der Waals surface area contributed by atoms with Crippen molar-refractivity contribution in [2.75, 3.05) is 18.6 Å². The van der Waals surface area contributed by atoms with Crippen LogP contribution in [0.4, 0.5) is 11.8 Å². The number of rotatable bonds is 3. The van der Waals surface area contributed by atoms with Gasteiger partial charge in [0.2, 0.25) is 5.95 Å². The first-order chi connectivity index (χ1) is 10.2. The summed E-state index contributed by atoms with van der Waals surface area (Å²) in [6, 6.07) is 12.9. The van der Waals surface area contributed by atoms with Crippen molar-refractivity contribution in [2.24, 2.45) is 0 Å². The molecule has 106 valence electrons. The molecule has 0 aliphatic heterocycles. The molecule has 6 heteroatoms. The minimum Gasteiger partial charge on any atom is -0.496 e. The number of fused-ring (bicyclic) bond motifs is 1. The van der Waals surface area contributed by atoms with Gasteiger partial charge in [-0.3, -0.25) is 0 Å². The van der Waals surface area contributed by atoms with Gasteiger partial charge in [0, 0.05) is 12.1 Å². The van der Waals surface area contributed by atoms with E-state index >= 15 is 0 Å². The van der Waals surface area contributed by atoms with Crippen molar-refractivity contribution in [2.45, 2.75) is 0 Å². The summed E-state index contributed by atoms with van der Waals surface area (Å²) in [6.07, 6.45) is 0. The van der Waals surface area contributed by atoms with E-state index in [1.807, 2.05) is 30.3 Å². The summed E-state index contributed by atoms with van der Waals surface area (Å²) < 4.78 is 11.1. The predicted molar refractivity (Wildman–Crippen MR) is 81.4 cm³/mol. The lowest BCUT2D eigenvalue weighted by Gasteiger charge is -2.11. The van der Waals surface area contributed by atoms with Gasteiger partial charge in [-0.25, -0.2) is 4.98 Å². The smallest absolute Gasteiger partial charge is 0.222 e. The highest BCUT2D eigenvalue weighted by Crippen LogP contribution is 2.35. The van der Waals surface area contributed by atoms with Crippen molar-refractivity contribution >= 4 is 22.7 Å². The average Bonchev–Trinajstić information content (AvgIpc) is 2.46. The first kappa shape index (κ1) is 13.0. The highest BCUT2D eigenvalue weighted by molar-refractivity contribution is 5.95. The molecule has 0 bridgehead atoms. The molecular weight excluding hydrogens is 268 g/mol. The van der Waals surface area contributed by atoms with Crippen molar-refractivity contribution in [3.63, 3.8) is 0 Å². The van der Waals surface area contributed by atoms with Crippen LogP contribution in [0.1, 0.15) is 0 Å². The second-order valence-electron chi connectivity index (χ2n) is 4.40. The Bertz CT molecular complexity index is 791. The van der Waals surface area contributed by atoms with Crippen LogP contribution in [0.25, 0.3) is 10.9 Å². The largest absolute Gasteiger partial charge is 0.496 e. The Kier molecular flexibility index (Phi) is 3.19. The molecule has 0 spiro atoms. The summed E-state index contributed by atoms with van der Waals surface area (Å²) in [5.74, 6) is 2.23. The third-order valence-electron chi connectivity index (χ3n) is 2.98. The van der Waals surface area contributed by atoms with E-state index in [0.29, 0.717) is 28.2 Å². The number of methoxy groups -OCH3 is 1. The Morgan fingerprint density at radius 2 is 1.71 bits per heavy atom. The number of ether oxygens (including phenoxy) is 2. The molecule has 6 nitrogen and oxygen atoms in total. The van der Waals surface area contributed by atoms with Crippen molar-refractivity contribution in [1.82, 2.24) is 9.97 Å². The van der Waals surface area contributed by atoms with Crippen LogP contribution in [0.2, 0.25) is 0 Å². The fraction of sp³-hybridized carbons (Fsp3) is 0.0667. The van der Waals surface area contributed by atoms with Gasteiger partial charge in [0.1, 0.15) is 23.1 Å². The molecule has 0 fully saturated rings. The number of aromatic nitrogens is 2. The van der Waals surface area contributed by atoms with Crippen LogP contribution in [-0.2, 0) is 0 Å². The van der Waals surface area contributed by atoms with Crippen molar-refractivity contribution < 1.29 is 9.47 Å². The third-order valence-corrected chi connectivity index (χ3v) is 2.98. The Morgan fingerprint density at radius 1 is 0.952 bits per heavy atom. The lowest BCUT2D eigenvalue weighted by Crippen LogP contribution is -2.02. The fourth-order valence-electron chi connectivity index (χ4n) is 2.09. The van der Waals surface area contributed by atoms with E-state index < -0.39 is 0 Å². The van der Waals surface area contributed by atoms with Crippen molar-refractivity contribution in [1.29, 1.82) is 0 Å². The zero-order valence-corrected chi connectivity index (χ0v) is 11.4. The first-order valence-electron chi connectivity index (χ1n) is 6.31. The molecule has 0 saturated heterocycles. The molecule has 0 unspecified atom stereocenters. The Hall–Kier alpha value is -3.02. The molecule has 0 aliphatic carbocycles. The highest BCUT2D eigenvalue weighted by atomic mass is 16.5. The monoisotopic (exact) mass is 282 g/mol. The van der Waals surface area contributed by atoms with Crippen LogP contribution < -0.4 is 20.9 Å². The van der Waals surface area contributed by atoms with Crippen LogP contribution in [0.15, 0.2) is 42.5 Å². The number of benzene rings is 2. The van der Waals surface area contributed by atoms with Gasteiger partial charge in [0.15, 0.2) is 0 Å². The van der Waals surface area contributed by atoms with Crippen LogP contribution in [-0.4, -0.2) is 17.1 Å². The maximum Gasteiger partial charge on any atom is 0.222 e. The Labute approximate surface area is 121 Å². The summed E-state index contributed by atoms with van der Waals surface area (Å²) in [7, 11) is 1.55. The average molecular weight is 282 g/mol. The van der Waals surface area contributed by atoms with Crippen LogP contribution in [0, 0.1) is 0 Å². The summed E-state index contributed by atoms with van der Waals surface area (Å²) in [4.78, 5) is 8.12. The SMILES string of the molecule is COc1cc(Oc2ccccc2)cc2nc(N)nc(N)c12. The third kappa shape index (κ3) is 2.51. The second kappa shape index (κ2) is 5.16. The van der Waals surface area contributed by atoms with Crippen molar-refractivity contribution in [3.8, 4) is 17.2 Å². The molecule has 0 atom stereocenters. The maximum atomic E-state index is 5.88. The van der Waals surface area contributed by atoms with Crippen LogP contribution in [0.3, 0.4) is 0 Å². The minimum absolute atomic E-state index is 0.110. The molecule has 0 amide bonds. The van der Waals surface area contributed by atoms with Gasteiger partial charge in [-0.05, 0) is 12.1 Å². The number of nitrogens with zero attached hydrogens (tertiary/aromatic N) is 2.